The van der Waals surface area contributed by atoms with Crippen molar-refractivity contribution in [2.24, 2.45) is 0 Å². The smallest absolute Gasteiger partial charge is 0.307 e. The summed E-state index contributed by atoms with van der Waals surface area (Å²) in [6.07, 6.45) is 1.04. The van der Waals surface area contributed by atoms with E-state index in [4.69, 9.17) is 9.05 Å². The first-order chi connectivity index (χ1) is 4.18. The molecule has 1 heterocycles. The summed E-state index contributed by atoms with van der Waals surface area (Å²) in [5.41, 5.74) is 0. The average Bonchev–Trinajstić information content (AvgIpc) is 1.59. The number of hydrogen-bond acceptors (Lipinski definition) is 3. The van der Waals surface area contributed by atoms with Gasteiger partial charge >= 0.3 is 8.25 Å². The highest BCUT2D eigenvalue weighted by atomic mass is 31.1. The Labute approximate surface area is 55.3 Å². The van der Waals surface area contributed by atoms with Crippen LogP contribution in [0, 0.1) is 0 Å². The third-order valence-electron chi connectivity index (χ3n) is 1.26. The zero-order valence-electron chi connectivity index (χ0n) is 5.59. The van der Waals surface area contributed by atoms with Gasteiger partial charge in [-0.25, -0.2) is 0 Å². The fraction of sp³-hybridized carbons (Fsp3) is 1.00. The van der Waals surface area contributed by atoms with Crippen LogP contribution in [0.1, 0.15) is 20.3 Å². The molecule has 4 heteroatoms. The van der Waals surface area contributed by atoms with Crippen LogP contribution in [0.4, 0.5) is 0 Å². The molecule has 54 valence electrons. The first kappa shape index (κ1) is 7.26. The Balaban J connectivity index is 2.43. The van der Waals surface area contributed by atoms with Crippen molar-refractivity contribution in [3.8, 4) is 0 Å². The molecule has 0 aromatic rings. The highest BCUT2D eigenvalue weighted by Gasteiger charge is 2.20. The van der Waals surface area contributed by atoms with E-state index in [9.17, 15) is 4.57 Å². The van der Waals surface area contributed by atoms with E-state index < -0.39 is 8.25 Å². The maximum Gasteiger partial charge on any atom is 0.319 e. The van der Waals surface area contributed by atoms with Crippen LogP contribution in [0.25, 0.3) is 0 Å². The van der Waals surface area contributed by atoms with Crippen LogP contribution >= 0.6 is 8.25 Å². The molecule has 1 saturated heterocycles. The van der Waals surface area contributed by atoms with Gasteiger partial charge in [-0.1, -0.05) is 0 Å². The molecule has 0 amide bonds. The fourth-order valence-electron chi connectivity index (χ4n) is 0.920. The first-order valence-electron chi connectivity index (χ1n) is 3.05. The van der Waals surface area contributed by atoms with Gasteiger partial charge in [0.2, 0.25) is 0 Å². The summed E-state index contributed by atoms with van der Waals surface area (Å²) in [5.74, 6) is 0. The molecule has 0 bridgehead atoms. The van der Waals surface area contributed by atoms with Gasteiger partial charge in [-0.2, -0.15) is 0 Å². The third kappa shape index (κ3) is 2.09. The minimum absolute atomic E-state index is 0.0974. The van der Waals surface area contributed by atoms with Crippen LogP contribution in [0.15, 0.2) is 0 Å². The lowest BCUT2D eigenvalue weighted by atomic mass is 10.2. The lowest BCUT2D eigenvalue weighted by Crippen LogP contribution is -2.19. The Bertz CT molecular complexity index is 113. The van der Waals surface area contributed by atoms with Crippen LogP contribution in [-0.2, 0) is 13.6 Å². The van der Waals surface area contributed by atoms with Gasteiger partial charge in [0.1, 0.15) is 0 Å². The first-order valence-corrected chi connectivity index (χ1v) is 4.28. The van der Waals surface area contributed by atoms with Gasteiger partial charge in [-0.15, -0.1) is 0 Å². The van der Waals surface area contributed by atoms with E-state index in [1.807, 2.05) is 13.8 Å². The summed E-state index contributed by atoms with van der Waals surface area (Å²) < 4.78 is 20.4. The number of hydrogen-bond donors (Lipinski definition) is 0. The van der Waals surface area contributed by atoms with Crippen LogP contribution in [0.3, 0.4) is 0 Å². The maximum absolute atomic E-state index is 10.6. The van der Waals surface area contributed by atoms with Crippen molar-refractivity contribution in [3.63, 3.8) is 0 Å². The van der Waals surface area contributed by atoms with E-state index >= 15 is 0 Å². The second-order valence-corrected chi connectivity index (χ2v) is 3.31. The molecule has 0 aromatic carbocycles. The Kier molecular flexibility index (Phi) is 2.28. The molecule has 0 saturated carbocycles. The minimum atomic E-state index is -2.14. The third-order valence-corrected chi connectivity index (χ3v) is 2.45. The van der Waals surface area contributed by atoms with E-state index in [2.05, 4.69) is 0 Å². The van der Waals surface area contributed by atoms with Crippen molar-refractivity contribution in [2.75, 3.05) is 0 Å². The van der Waals surface area contributed by atoms with E-state index in [-0.39, 0.29) is 12.2 Å². The summed E-state index contributed by atoms with van der Waals surface area (Å²) in [6, 6.07) is 0. The molecule has 0 N–H and O–H groups in total. The van der Waals surface area contributed by atoms with Crippen molar-refractivity contribution in [3.05, 3.63) is 0 Å². The molecule has 0 aromatic heterocycles. The second kappa shape index (κ2) is 2.82. The Morgan fingerprint density at radius 2 is 1.78 bits per heavy atom. The van der Waals surface area contributed by atoms with Crippen molar-refractivity contribution in [2.45, 2.75) is 32.5 Å². The van der Waals surface area contributed by atoms with E-state index in [0.29, 0.717) is 0 Å². The van der Waals surface area contributed by atoms with Crippen molar-refractivity contribution < 1.29 is 13.6 Å². The Hall–Kier alpha value is 0.150. The predicted molar refractivity (Wildman–Crippen MR) is 34.7 cm³/mol. The summed E-state index contributed by atoms with van der Waals surface area (Å²) >= 11 is 0. The molecular weight excluding hydrogens is 139 g/mol. The molecule has 1 unspecified atom stereocenters. The molecule has 1 aliphatic rings. The largest absolute Gasteiger partial charge is 0.319 e. The van der Waals surface area contributed by atoms with Gasteiger partial charge in [0.05, 0.1) is 12.2 Å². The van der Waals surface area contributed by atoms with E-state index in [1.165, 1.54) is 0 Å². The average molecular weight is 150 g/mol. The molecule has 9 heavy (non-hydrogen) atoms. The van der Waals surface area contributed by atoms with Gasteiger partial charge in [-0.05, 0) is 13.8 Å². The molecule has 1 fully saturated rings. The maximum atomic E-state index is 10.6. The van der Waals surface area contributed by atoms with Gasteiger partial charge in [0.15, 0.2) is 0 Å². The quantitative estimate of drug-likeness (QED) is 0.492. The van der Waals surface area contributed by atoms with Crippen molar-refractivity contribution in [1.29, 1.82) is 0 Å². The Morgan fingerprint density at radius 1 is 1.33 bits per heavy atom. The van der Waals surface area contributed by atoms with Gasteiger partial charge in [-0.3, -0.25) is 4.57 Å². The zero-order valence-corrected chi connectivity index (χ0v) is 6.59. The van der Waals surface area contributed by atoms with E-state index in [0.717, 1.165) is 6.42 Å². The van der Waals surface area contributed by atoms with Gasteiger partial charge in [0.25, 0.3) is 0 Å². The van der Waals surface area contributed by atoms with Gasteiger partial charge in [0, 0.05) is 6.42 Å². The van der Waals surface area contributed by atoms with Crippen LogP contribution < -0.4 is 0 Å². The summed E-state index contributed by atoms with van der Waals surface area (Å²) in [6.45, 7) is 3.81. The predicted octanol–water partition coefficient (Wildman–Crippen LogP) is 1.59. The normalized spacial score (nSPS) is 44.9. The summed E-state index contributed by atoms with van der Waals surface area (Å²) in [7, 11) is -2.14. The standard InChI is InChI=1S/C5H11O3P/c1-4-3-5(2)8-9(6)7-4/h4-5,9H,3H2,1-2H3/t4-,5+. The highest BCUT2D eigenvalue weighted by Crippen LogP contribution is 2.35. The van der Waals surface area contributed by atoms with Crippen LogP contribution in [-0.4, -0.2) is 12.2 Å². The van der Waals surface area contributed by atoms with Crippen LogP contribution in [0.5, 0.6) is 0 Å². The molecule has 1 rings (SSSR count). The molecule has 0 aliphatic carbocycles. The number of rotatable bonds is 0. The molecular formula is C5H11O3P. The van der Waals surface area contributed by atoms with Crippen molar-refractivity contribution >= 4 is 8.25 Å². The molecule has 1 aliphatic heterocycles. The summed E-state index contributed by atoms with van der Waals surface area (Å²) in [4.78, 5) is 0. The van der Waals surface area contributed by atoms with E-state index in [1.54, 1.807) is 0 Å². The minimum Gasteiger partial charge on any atom is -0.307 e. The lowest BCUT2D eigenvalue weighted by molar-refractivity contribution is 0.0628. The van der Waals surface area contributed by atoms with Gasteiger partial charge < -0.3 is 9.05 Å². The molecule has 3 atom stereocenters. The lowest BCUT2D eigenvalue weighted by Gasteiger charge is -2.23. The zero-order chi connectivity index (χ0) is 6.85. The second-order valence-electron chi connectivity index (χ2n) is 2.34. The summed E-state index contributed by atoms with van der Waals surface area (Å²) in [5, 5.41) is 0. The highest BCUT2D eigenvalue weighted by molar-refractivity contribution is 7.33. The fourth-order valence-corrected chi connectivity index (χ4v) is 1.83. The molecule has 3 nitrogen and oxygen atoms in total. The van der Waals surface area contributed by atoms with Crippen molar-refractivity contribution in [1.82, 2.24) is 0 Å². The molecule has 0 radical (unpaired) electrons. The SMILES string of the molecule is C[C@@H]1C[C@H](C)O[PH](=O)O1. The monoisotopic (exact) mass is 150 g/mol. The Morgan fingerprint density at radius 3 is 2.11 bits per heavy atom. The van der Waals surface area contributed by atoms with Crippen LogP contribution in [0.2, 0.25) is 0 Å². The molecule has 0 spiro atoms. The topological polar surface area (TPSA) is 35.5 Å².